The van der Waals surface area contributed by atoms with Gasteiger partial charge in [0.1, 0.15) is 5.54 Å². The Morgan fingerprint density at radius 2 is 1.86 bits per heavy atom. The lowest BCUT2D eigenvalue weighted by Gasteiger charge is -2.27. The van der Waals surface area contributed by atoms with Gasteiger partial charge in [-0.2, -0.15) is 5.26 Å². The number of nitrogens with zero attached hydrogens (tertiary/aromatic N) is 3. The maximum absolute atomic E-state index is 13.1. The SMILES string of the molecule is CC(C)C[C@H](OC(=O)NCc1ccccc1)C(=O)NC1(C#N)CCN(C(=O)Cc2ccncc2)C1. The van der Waals surface area contributed by atoms with Gasteiger partial charge in [-0.15, -0.1) is 0 Å². The van der Waals surface area contributed by atoms with Gasteiger partial charge < -0.3 is 20.3 Å². The van der Waals surface area contributed by atoms with Crippen molar-refractivity contribution in [2.24, 2.45) is 5.92 Å². The lowest BCUT2D eigenvalue weighted by atomic mass is 9.98. The third kappa shape index (κ3) is 7.54. The summed E-state index contributed by atoms with van der Waals surface area (Å²) in [4.78, 5) is 43.7. The molecule has 0 radical (unpaired) electrons. The van der Waals surface area contributed by atoms with E-state index in [-0.39, 0.29) is 31.3 Å². The Morgan fingerprint density at radius 3 is 2.51 bits per heavy atom. The second-order valence-electron chi connectivity index (χ2n) is 9.14. The Bertz CT molecular complexity index is 1050. The molecule has 1 saturated heterocycles. The van der Waals surface area contributed by atoms with E-state index in [9.17, 15) is 19.6 Å². The fraction of sp³-hybridized carbons (Fsp3) is 0.423. The minimum absolute atomic E-state index is 0.0766. The summed E-state index contributed by atoms with van der Waals surface area (Å²) < 4.78 is 5.44. The van der Waals surface area contributed by atoms with E-state index in [1.807, 2.05) is 44.2 Å². The molecule has 1 aromatic carbocycles. The number of carbonyl (C=O) groups excluding carboxylic acids is 3. The fourth-order valence-corrected chi connectivity index (χ4v) is 3.93. The smallest absolute Gasteiger partial charge is 0.408 e. The van der Waals surface area contributed by atoms with Crippen LogP contribution in [0, 0.1) is 17.2 Å². The summed E-state index contributed by atoms with van der Waals surface area (Å²) in [5, 5.41) is 15.3. The van der Waals surface area contributed by atoms with Gasteiger partial charge in [-0.1, -0.05) is 44.2 Å². The van der Waals surface area contributed by atoms with Crippen LogP contribution < -0.4 is 10.6 Å². The molecule has 0 saturated carbocycles. The molecule has 0 aliphatic carbocycles. The topological polar surface area (TPSA) is 124 Å². The zero-order chi connectivity index (χ0) is 25.3. The van der Waals surface area contributed by atoms with E-state index in [1.54, 1.807) is 29.4 Å². The number of aromatic nitrogens is 1. The number of carbonyl (C=O) groups is 3. The van der Waals surface area contributed by atoms with Crippen molar-refractivity contribution in [2.45, 2.75) is 51.3 Å². The number of benzene rings is 1. The zero-order valence-electron chi connectivity index (χ0n) is 20.1. The van der Waals surface area contributed by atoms with Crippen LogP contribution in [-0.4, -0.2) is 52.5 Å². The van der Waals surface area contributed by atoms with Crippen molar-refractivity contribution in [1.82, 2.24) is 20.5 Å². The first-order valence-corrected chi connectivity index (χ1v) is 11.7. The van der Waals surface area contributed by atoms with Gasteiger partial charge in [0, 0.05) is 31.9 Å². The van der Waals surface area contributed by atoms with Gasteiger partial charge in [0.2, 0.25) is 5.91 Å². The largest absolute Gasteiger partial charge is 0.436 e. The van der Waals surface area contributed by atoms with Gasteiger partial charge in [-0.3, -0.25) is 14.6 Å². The Kier molecular flexibility index (Phi) is 8.79. The van der Waals surface area contributed by atoms with Crippen LogP contribution >= 0.6 is 0 Å². The standard InChI is InChI=1S/C26H31N5O4/c1-19(2)14-22(35-25(34)29-16-21-6-4-3-5-7-21)24(33)30-26(17-27)10-13-31(18-26)23(32)15-20-8-11-28-12-9-20/h3-9,11-12,19,22H,10,13-16,18H2,1-2H3,(H,29,34)(H,30,33)/t22-,26?/m0/s1. The molecule has 2 aromatic rings. The second kappa shape index (κ2) is 12.0. The molecule has 2 atom stereocenters. The van der Waals surface area contributed by atoms with E-state index in [4.69, 9.17) is 4.74 Å². The van der Waals surface area contributed by atoms with Crippen LogP contribution in [0.15, 0.2) is 54.9 Å². The van der Waals surface area contributed by atoms with Crippen molar-refractivity contribution >= 4 is 17.9 Å². The van der Waals surface area contributed by atoms with Crippen LogP contribution in [0.5, 0.6) is 0 Å². The first kappa shape index (κ1) is 25.7. The number of ether oxygens (including phenoxy) is 1. The quantitative estimate of drug-likeness (QED) is 0.572. The molecule has 2 N–H and O–H groups in total. The van der Waals surface area contributed by atoms with E-state index in [1.165, 1.54) is 0 Å². The van der Waals surface area contributed by atoms with Gasteiger partial charge in [-0.25, -0.2) is 4.79 Å². The summed E-state index contributed by atoms with van der Waals surface area (Å²) in [7, 11) is 0. The van der Waals surface area contributed by atoms with Gasteiger partial charge in [0.25, 0.3) is 5.91 Å². The first-order valence-electron chi connectivity index (χ1n) is 11.7. The van der Waals surface area contributed by atoms with E-state index in [0.29, 0.717) is 19.4 Å². The second-order valence-corrected chi connectivity index (χ2v) is 9.14. The maximum Gasteiger partial charge on any atom is 0.408 e. The molecule has 184 valence electrons. The highest BCUT2D eigenvalue weighted by atomic mass is 16.6. The van der Waals surface area contributed by atoms with E-state index < -0.39 is 23.6 Å². The fourth-order valence-electron chi connectivity index (χ4n) is 3.93. The highest BCUT2D eigenvalue weighted by Gasteiger charge is 2.43. The molecule has 35 heavy (non-hydrogen) atoms. The summed E-state index contributed by atoms with van der Waals surface area (Å²) in [6, 6.07) is 15.1. The molecule has 9 heteroatoms. The number of alkyl carbamates (subject to hydrolysis) is 1. The number of amides is 3. The molecule has 9 nitrogen and oxygen atoms in total. The molecule has 1 unspecified atom stereocenters. The average molecular weight is 478 g/mol. The van der Waals surface area contributed by atoms with Crippen LogP contribution in [0.1, 0.15) is 37.8 Å². The average Bonchev–Trinajstić information content (AvgIpc) is 3.28. The molecule has 0 spiro atoms. The number of hydrogen-bond acceptors (Lipinski definition) is 6. The summed E-state index contributed by atoms with van der Waals surface area (Å²) in [6.45, 7) is 4.53. The molecule has 1 aliphatic heterocycles. The third-order valence-electron chi connectivity index (χ3n) is 5.81. The number of nitriles is 1. The predicted molar refractivity (Wildman–Crippen MR) is 129 cm³/mol. The monoisotopic (exact) mass is 477 g/mol. The summed E-state index contributed by atoms with van der Waals surface area (Å²) in [5.74, 6) is -0.593. The summed E-state index contributed by atoms with van der Waals surface area (Å²) in [6.07, 6.45) is 2.27. The van der Waals surface area contributed by atoms with Crippen molar-refractivity contribution in [3.63, 3.8) is 0 Å². The molecule has 3 amide bonds. The predicted octanol–water partition coefficient (Wildman–Crippen LogP) is 2.58. The normalized spacial score (nSPS) is 17.9. The van der Waals surface area contributed by atoms with E-state index in [2.05, 4.69) is 21.7 Å². The van der Waals surface area contributed by atoms with Gasteiger partial charge in [-0.05, 0) is 35.6 Å². The van der Waals surface area contributed by atoms with Crippen LogP contribution in [0.25, 0.3) is 0 Å². The van der Waals surface area contributed by atoms with Gasteiger partial charge in [0.05, 0.1) is 19.0 Å². The number of hydrogen-bond donors (Lipinski definition) is 2. The minimum Gasteiger partial charge on any atom is -0.436 e. The number of rotatable bonds is 9. The molecular formula is C26H31N5O4. The van der Waals surface area contributed by atoms with Gasteiger partial charge >= 0.3 is 6.09 Å². The van der Waals surface area contributed by atoms with Crippen molar-refractivity contribution in [3.05, 3.63) is 66.0 Å². The van der Waals surface area contributed by atoms with Crippen LogP contribution in [0.2, 0.25) is 0 Å². The highest BCUT2D eigenvalue weighted by molar-refractivity contribution is 5.85. The lowest BCUT2D eigenvalue weighted by molar-refractivity contribution is -0.133. The van der Waals surface area contributed by atoms with E-state index in [0.717, 1.165) is 11.1 Å². The Morgan fingerprint density at radius 1 is 1.14 bits per heavy atom. The van der Waals surface area contributed by atoms with Crippen molar-refractivity contribution < 1.29 is 19.1 Å². The van der Waals surface area contributed by atoms with Crippen molar-refractivity contribution in [3.8, 4) is 6.07 Å². The highest BCUT2D eigenvalue weighted by Crippen LogP contribution is 2.23. The molecule has 1 aromatic heterocycles. The molecule has 0 bridgehead atoms. The number of pyridine rings is 1. The molecular weight excluding hydrogens is 446 g/mol. The third-order valence-corrected chi connectivity index (χ3v) is 5.81. The molecule has 1 fully saturated rings. The van der Waals surface area contributed by atoms with Crippen LogP contribution in [0.3, 0.4) is 0 Å². The van der Waals surface area contributed by atoms with E-state index >= 15 is 0 Å². The maximum atomic E-state index is 13.1. The van der Waals surface area contributed by atoms with Crippen LogP contribution in [0.4, 0.5) is 4.79 Å². The Hall–Kier alpha value is -3.93. The Labute approximate surface area is 205 Å². The first-order chi connectivity index (χ1) is 16.8. The molecule has 2 heterocycles. The summed E-state index contributed by atoms with van der Waals surface area (Å²) >= 11 is 0. The lowest BCUT2D eigenvalue weighted by Crippen LogP contribution is -2.54. The summed E-state index contributed by atoms with van der Waals surface area (Å²) in [5.41, 5.74) is 0.500. The van der Waals surface area contributed by atoms with Gasteiger partial charge in [0.15, 0.2) is 6.10 Å². The number of likely N-dealkylation sites (tertiary alicyclic amines) is 1. The Balaban J connectivity index is 1.59. The van der Waals surface area contributed by atoms with Crippen LogP contribution in [-0.2, 0) is 27.3 Å². The van der Waals surface area contributed by atoms with Crippen molar-refractivity contribution in [2.75, 3.05) is 13.1 Å². The number of nitrogens with one attached hydrogen (secondary N) is 2. The van der Waals surface area contributed by atoms with Crippen molar-refractivity contribution in [1.29, 1.82) is 5.26 Å². The molecule has 3 rings (SSSR count). The zero-order valence-corrected chi connectivity index (χ0v) is 20.1. The molecule has 1 aliphatic rings. The minimum atomic E-state index is -1.23.